The highest BCUT2D eigenvalue weighted by Crippen LogP contribution is 2.23. The molecular weight excluding hydrogens is 210 g/mol. The van der Waals surface area contributed by atoms with Gasteiger partial charge in [0.25, 0.3) is 0 Å². The van der Waals surface area contributed by atoms with Crippen molar-refractivity contribution in [3.63, 3.8) is 0 Å². The van der Waals surface area contributed by atoms with Gasteiger partial charge in [-0.3, -0.25) is 0 Å². The number of nitrogens with zero attached hydrogens (tertiary/aromatic N) is 2. The topological polar surface area (TPSA) is 37.8 Å². The first kappa shape index (κ1) is 12.5. The van der Waals surface area contributed by atoms with E-state index in [1.807, 2.05) is 0 Å². The van der Waals surface area contributed by atoms with Gasteiger partial charge in [-0.15, -0.1) is 0 Å². The molecule has 1 aromatic heterocycles. The number of nitrogens with one attached hydrogen (secondary N) is 1. The van der Waals surface area contributed by atoms with Crippen LogP contribution in [0.1, 0.15) is 43.6 Å². The zero-order valence-electron chi connectivity index (χ0n) is 11.2. The van der Waals surface area contributed by atoms with Crippen LogP contribution in [0.4, 0.5) is 0 Å². The Morgan fingerprint density at radius 3 is 2.82 bits per heavy atom. The fourth-order valence-corrected chi connectivity index (χ4v) is 2.71. The predicted molar refractivity (Wildman–Crippen MR) is 70.1 cm³/mol. The van der Waals surface area contributed by atoms with Crippen LogP contribution in [0, 0.1) is 5.92 Å². The molecule has 1 N–H and O–H groups in total. The van der Waals surface area contributed by atoms with Crippen molar-refractivity contribution in [1.29, 1.82) is 0 Å². The molecule has 0 aromatic carbocycles. The summed E-state index contributed by atoms with van der Waals surface area (Å²) in [4.78, 5) is 8.88. The van der Waals surface area contributed by atoms with Crippen molar-refractivity contribution in [3.05, 3.63) is 23.3 Å². The van der Waals surface area contributed by atoms with E-state index in [9.17, 15) is 0 Å². The lowest BCUT2D eigenvalue weighted by Crippen LogP contribution is -2.30. The molecule has 94 valence electrons. The maximum atomic E-state index is 4.49. The van der Waals surface area contributed by atoms with Gasteiger partial charge in [-0.25, -0.2) is 9.97 Å². The smallest absolute Gasteiger partial charge is 0.115 e. The number of hydrogen-bond donors (Lipinski definition) is 1. The maximum absolute atomic E-state index is 4.49. The van der Waals surface area contributed by atoms with E-state index in [1.165, 1.54) is 36.2 Å². The van der Waals surface area contributed by atoms with Gasteiger partial charge in [0.15, 0.2) is 0 Å². The SMILES string of the molecule is CNC(Cc1ncnc2c1CCC2)CC(C)C. The van der Waals surface area contributed by atoms with Gasteiger partial charge >= 0.3 is 0 Å². The molecule has 17 heavy (non-hydrogen) atoms. The van der Waals surface area contributed by atoms with Crippen molar-refractivity contribution in [1.82, 2.24) is 15.3 Å². The predicted octanol–water partition coefficient (Wildman–Crippen LogP) is 2.14. The molecule has 0 amide bonds. The van der Waals surface area contributed by atoms with Crippen LogP contribution in [0.15, 0.2) is 6.33 Å². The van der Waals surface area contributed by atoms with Crippen LogP contribution in [0.25, 0.3) is 0 Å². The first-order valence-electron chi connectivity index (χ1n) is 6.69. The van der Waals surface area contributed by atoms with E-state index in [0.717, 1.165) is 18.8 Å². The first-order chi connectivity index (χ1) is 8.20. The minimum Gasteiger partial charge on any atom is -0.317 e. The van der Waals surface area contributed by atoms with E-state index >= 15 is 0 Å². The van der Waals surface area contributed by atoms with E-state index in [2.05, 4.69) is 36.2 Å². The molecule has 3 nitrogen and oxygen atoms in total. The summed E-state index contributed by atoms with van der Waals surface area (Å²) in [5.41, 5.74) is 3.98. The molecule has 0 fully saturated rings. The average molecular weight is 233 g/mol. The van der Waals surface area contributed by atoms with Gasteiger partial charge in [-0.1, -0.05) is 13.8 Å². The van der Waals surface area contributed by atoms with E-state index in [4.69, 9.17) is 0 Å². The quantitative estimate of drug-likeness (QED) is 0.846. The number of likely N-dealkylation sites (N-methyl/N-ethyl adjacent to an activating group) is 1. The van der Waals surface area contributed by atoms with Crippen LogP contribution in [0.3, 0.4) is 0 Å². The molecule has 2 rings (SSSR count). The fraction of sp³-hybridized carbons (Fsp3) is 0.714. The van der Waals surface area contributed by atoms with E-state index in [-0.39, 0.29) is 0 Å². The van der Waals surface area contributed by atoms with Gasteiger partial charge in [0, 0.05) is 23.9 Å². The Bertz CT molecular complexity index is 374. The molecule has 1 atom stereocenters. The Morgan fingerprint density at radius 2 is 2.12 bits per heavy atom. The summed E-state index contributed by atoms with van der Waals surface area (Å²) in [6.45, 7) is 4.55. The Kier molecular flexibility index (Phi) is 4.11. The molecule has 1 aromatic rings. The molecule has 0 saturated heterocycles. The number of aromatic nitrogens is 2. The van der Waals surface area contributed by atoms with E-state index < -0.39 is 0 Å². The molecule has 3 heteroatoms. The van der Waals surface area contributed by atoms with Crippen molar-refractivity contribution in [2.45, 2.75) is 52.0 Å². The lowest BCUT2D eigenvalue weighted by Gasteiger charge is -2.19. The van der Waals surface area contributed by atoms with Crippen molar-refractivity contribution in [3.8, 4) is 0 Å². The fourth-order valence-electron chi connectivity index (χ4n) is 2.71. The molecule has 1 unspecified atom stereocenters. The third-order valence-corrected chi connectivity index (χ3v) is 3.57. The zero-order valence-corrected chi connectivity index (χ0v) is 11.2. The highest BCUT2D eigenvalue weighted by molar-refractivity contribution is 5.29. The third-order valence-electron chi connectivity index (χ3n) is 3.57. The van der Waals surface area contributed by atoms with Gasteiger partial charge < -0.3 is 5.32 Å². The molecule has 0 spiro atoms. The minimum absolute atomic E-state index is 0.537. The maximum Gasteiger partial charge on any atom is 0.115 e. The Hall–Kier alpha value is -0.960. The highest BCUT2D eigenvalue weighted by atomic mass is 14.9. The van der Waals surface area contributed by atoms with Crippen LogP contribution in [0.5, 0.6) is 0 Å². The standard InChI is InChI=1S/C14H23N3/c1-10(2)7-11(15-3)8-14-12-5-4-6-13(12)16-9-17-14/h9-11,15H,4-8H2,1-3H3. The summed E-state index contributed by atoms with van der Waals surface area (Å²) in [6, 6.07) is 0.537. The van der Waals surface area contributed by atoms with Crippen molar-refractivity contribution >= 4 is 0 Å². The molecule has 1 aliphatic carbocycles. The minimum atomic E-state index is 0.537. The number of aryl methyl sites for hydroxylation is 1. The van der Waals surface area contributed by atoms with Crippen LogP contribution in [-0.4, -0.2) is 23.1 Å². The van der Waals surface area contributed by atoms with Gasteiger partial charge in [-0.2, -0.15) is 0 Å². The van der Waals surface area contributed by atoms with Gasteiger partial charge in [0.05, 0.1) is 0 Å². The van der Waals surface area contributed by atoms with Gasteiger partial charge in [-0.05, 0) is 44.2 Å². The molecule has 1 aliphatic rings. The summed E-state index contributed by atoms with van der Waals surface area (Å²) in [6.07, 6.45) is 7.54. The zero-order chi connectivity index (χ0) is 12.3. The lowest BCUT2D eigenvalue weighted by molar-refractivity contribution is 0.437. The van der Waals surface area contributed by atoms with Crippen LogP contribution < -0.4 is 5.32 Å². The second-order valence-electron chi connectivity index (χ2n) is 5.42. The normalized spacial score (nSPS) is 16.2. The second kappa shape index (κ2) is 5.58. The third kappa shape index (κ3) is 3.03. The molecule has 0 bridgehead atoms. The van der Waals surface area contributed by atoms with Crippen molar-refractivity contribution in [2.75, 3.05) is 7.05 Å². The van der Waals surface area contributed by atoms with Crippen molar-refractivity contribution < 1.29 is 0 Å². The van der Waals surface area contributed by atoms with Crippen LogP contribution in [0.2, 0.25) is 0 Å². The first-order valence-corrected chi connectivity index (χ1v) is 6.69. The number of hydrogen-bond acceptors (Lipinski definition) is 3. The molecular formula is C14H23N3. The van der Waals surface area contributed by atoms with Crippen molar-refractivity contribution in [2.24, 2.45) is 5.92 Å². The monoisotopic (exact) mass is 233 g/mol. The molecule has 0 radical (unpaired) electrons. The summed E-state index contributed by atoms with van der Waals surface area (Å²) >= 11 is 0. The summed E-state index contributed by atoms with van der Waals surface area (Å²) in [7, 11) is 2.05. The summed E-state index contributed by atoms with van der Waals surface area (Å²) < 4.78 is 0. The van der Waals surface area contributed by atoms with Gasteiger partial charge in [0.2, 0.25) is 0 Å². The van der Waals surface area contributed by atoms with Crippen LogP contribution >= 0.6 is 0 Å². The Balaban J connectivity index is 2.10. The Labute approximate surface area is 104 Å². The molecule has 1 heterocycles. The number of fused-ring (bicyclic) bond motifs is 1. The highest BCUT2D eigenvalue weighted by Gasteiger charge is 2.19. The average Bonchev–Trinajstić information content (AvgIpc) is 2.76. The molecule has 0 aliphatic heterocycles. The van der Waals surface area contributed by atoms with E-state index in [0.29, 0.717) is 6.04 Å². The summed E-state index contributed by atoms with van der Waals surface area (Å²) in [5, 5.41) is 3.41. The Morgan fingerprint density at radius 1 is 1.29 bits per heavy atom. The van der Waals surface area contributed by atoms with Gasteiger partial charge in [0.1, 0.15) is 6.33 Å². The van der Waals surface area contributed by atoms with Crippen LogP contribution in [-0.2, 0) is 19.3 Å². The molecule has 0 saturated carbocycles. The lowest BCUT2D eigenvalue weighted by atomic mass is 9.97. The second-order valence-corrected chi connectivity index (χ2v) is 5.42. The number of rotatable bonds is 5. The largest absolute Gasteiger partial charge is 0.317 e. The van der Waals surface area contributed by atoms with E-state index in [1.54, 1.807) is 6.33 Å². The summed E-state index contributed by atoms with van der Waals surface area (Å²) in [5.74, 6) is 0.724.